The number of aryl methyl sites for hydroxylation is 1. The van der Waals surface area contributed by atoms with Gasteiger partial charge in [0, 0.05) is 55.9 Å². The number of piperidine rings is 1. The van der Waals surface area contributed by atoms with Gasteiger partial charge in [-0.25, -0.2) is 4.98 Å². The van der Waals surface area contributed by atoms with E-state index in [9.17, 15) is 9.59 Å². The van der Waals surface area contributed by atoms with E-state index in [0.29, 0.717) is 25.7 Å². The van der Waals surface area contributed by atoms with E-state index in [1.54, 1.807) is 18.3 Å². The summed E-state index contributed by atoms with van der Waals surface area (Å²) >= 11 is 1.67. The number of thiazole rings is 1. The predicted octanol–water partition coefficient (Wildman–Crippen LogP) is 5.04. The number of rotatable bonds is 5. The lowest BCUT2D eigenvalue weighted by Crippen LogP contribution is -2.52. The third-order valence-electron chi connectivity index (χ3n) is 7.75. The van der Waals surface area contributed by atoms with Gasteiger partial charge < -0.3 is 14.5 Å². The van der Waals surface area contributed by atoms with Crippen molar-refractivity contribution in [2.75, 3.05) is 24.6 Å². The fourth-order valence-electron chi connectivity index (χ4n) is 5.77. The lowest BCUT2D eigenvalue weighted by molar-refractivity contribution is -0.135. The molecule has 0 aliphatic carbocycles. The molecule has 2 aliphatic rings. The van der Waals surface area contributed by atoms with Gasteiger partial charge in [0.15, 0.2) is 6.61 Å². The van der Waals surface area contributed by atoms with Gasteiger partial charge in [-0.1, -0.05) is 42.8 Å². The molecule has 5 rings (SSSR count). The zero-order chi connectivity index (χ0) is 26.5. The molecular weight excluding hydrogens is 496 g/mol. The Morgan fingerprint density at radius 3 is 2.63 bits per heavy atom. The first-order valence-corrected chi connectivity index (χ1v) is 14.3. The Morgan fingerprint density at radius 1 is 1.05 bits per heavy atom. The van der Waals surface area contributed by atoms with Crippen LogP contribution in [0.15, 0.2) is 60.1 Å². The van der Waals surface area contributed by atoms with Crippen LogP contribution in [0.4, 0.5) is 5.69 Å². The standard InChI is InChI=1S/C30H36N4O3S/c1-22-8-3-6-13-28(22)37-21-30(36)32-18-24-9-4-5-12-27(24)33(23(2)35)16-14-25-10-7-11-26(19-32)34(25)20-29-31-15-17-38-29/h3-6,8-9,12-13,15,17,25-26H,7,10-11,14,16,18-21H2,1-2H3. The van der Waals surface area contributed by atoms with Crippen LogP contribution in [-0.4, -0.2) is 58.4 Å². The van der Waals surface area contributed by atoms with Gasteiger partial charge >= 0.3 is 0 Å². The lowest BCUT2D eigenvalue weighted by Gasteiger charge is -2.43. The van der Waals surface area contributed by atoms with E-state index < -0.39 is 0 Å². The van der Waals surface area contributed by atoms with Crippen molar-refractivity contribution >= 4 is 28.8 Å². The smallest absolute Gasteiger partial charge is 0.260 e. The van der Waals surface area contributed by atoms with Crippen LogP contribution in [0.25, 0.3) is 0 Å². The predicted molar refractivity (Wildman–Crippen MR) is 150 cm³/mol. The minimum absolute atomic E-state index is 0.0218. The molecule has 1 aromatic heterocycles. The SMILES string of the molecule is CC(=O)N1CCC2CCCC(CN(C(=O)COc3ccccc3C)Cc3ccccc31)N2Cc1nccs1. The molecule has 0 N–H and O–H groups in total. The topological polar surface area (TPSA) is 66.0 Å². The third kappa shape index (κ3) is 6.08. The molecule has 0 spiro atoms. The number of aromatic nitrogens is 1. The second-order valence-corrected chi connectivity index (χ2v) is 11.2. The lowest BCUT2D eigenvalue weighted by atomic mass is 9.93. The highest BCUT2D eigenvalue weighted by molar-refractivity contribution is 7.09. The highest BCUT2D eigenvalue weighted by Gasteiger charge is 2.35. The number of hydrogen-bond acceptors (Lipinski definition) is 6. The van der Waals surface area contributed by atoms with Crippen LogP contribution < -0.4 is 9.64 Å². The van der Waals surface area contributed by atoms with Gasteiger partial charge in [-0.05, 0) is 49.4 Å². The molecule has 7 nitrogen and oxygen atoms in total. The van der Waals surface area contributed by atoms with Crippen molar-refractivity contribution in [1.29, 1.82) is 0 Å². The summed E-state index contributed by atoms with van der Waals surface area (Å²) in [5.74, 6) is 0.703. The minimum Gasteiger partial charge on any atom is -0.484 e. The second-order valence-electron chi connectivity index (χ2n) is 10.3. The van der Waals surface area contributed by atoms with E-state index in [4.69, 9.17) is 4.74 Å². The van der Waals surface area contributed by atoms with Crippen molar-refractivity contribution in [1.82, 2.24) is 14.8 Å². The zero-order valence-corrected chi connectivity index (χ0v) is 23.0. The summed E-state index contributed by atoms with van der Waals surface area (Å²) in [7, 11) is 0. The number of anilines is 1. The summed E-state index contributed by atoms with van der Waals surface area (Å²) in [6.45, 7) is 6.06. The number of carbonyl (C=O) groups is 2. The van der Waals surface area contributed by atoms with Crippen LogP contribution in [0.1, 0.15) is 48.7 Å². The van der Waals surface area contributed by atoms with Crippen molar-refractivity contribution in [3.63, 3.8) is 0 Å². The van der Waals surface area contributed by atoms with Crippen molar-refractivity contribution in [2.45, 2.75) is 64.7 Å². The summed E-state index contributed by atoms with van der Waals surface area (Å²) in [6.07, 6.45) is 5.97. The number of ether oxygens (including phenoxy) is 1. The van der Waals surface area contributed by atoms with Gasteiger partial charge in [0.2, 0.25) is 5.91 Å². The highest BCUT2D eigenvalue weighted by atomic mass is 32.1. The number of nitrogens with zero attached hydrogens (tertiary/aromatic N) is 4. The van der Waals surface area contributed by atoms with Crippen LogP contribution in [0.2, 0.25) is 0 Å². The molecule has 1 saturated heterocycles. The summed E-state index contributed by atoms with van der Waals surface area (Å²) in [5.41, 5.74) is 2.88. The van der Waals surface area contributed by atoms with Gasteiger partial charge in [0.1, 0.15) is 10.8 Å². The van der Waals surface area contributed by atoms with Crippen molar-refractivity contribution in [3.05, 3.63) is 76.2 Å². The maximum Gasteiger partial charge on any atom is 0.260 e. The van der Waals surface area contributed by atoms with Crippen LogP contribution in [0.3, 0.4) is 0 Å². The summed E-state index contributed by atoms with van der Waals surface area (Å²) in [6, 6.07) is 16.3. The number of hydrogen-bond donors (Lipinski definition) is 0. The zero-order valence-electron chi connectivity index (χ0n) is 22.2. The molecule has 2 unspecified atom stereocenters. The van der Waals surface area contributed by atoms with E-state index in [0.717, 1.165) is 59.8 Å². The van der Waals surface area contributed by atoms with E-state index in [1.807, 2.05) is 76.8 Å². The molecule has 3 aromatic rings. The summed E-state index contributed by atoms with van der Waals surface area (Å²) in [4.78, 5) is 37.5. The summed E-state index contributed by atoms with van der Waals surface area (Å²) in [5, 5.41) is 3.11. The number of carbonyl (C=O) groups excluding carboxylic acids is 2. The van der Waals surface area contributed by atoms with Crippen LogP contribution >= 0.6 is 11.3 Å². The third-order valence-corrected chi connectivity index (χ3v) is 8.52. The minimum atomic E-state index is -0.0481. The molecule has 2 amide bonds. The Hall–Kier alpha value is -3.23. The van der Waals surface area contributed by atoms with E-state index >= 15 is 0 Å². The molecule has 38 heavy (non-hydrogen) atoms. The number of fused-ring (bicyclic) bond motifs is 3. The van der Waals surface area contributed by atoms with Gasteiger partial charge in [-0.3, -0.25) is 14.5 Å². The van der Waals surface area contributed by atoms with E-state index in [1.165, 1.54) is 0 Å². The van der Waals surface area contributed by atoms with Crippen LogP contribution in [0.5, 0.6) is 5.75 Å². The molecule has 8 heteroatoms. The number of para-hydroxylation sites is 2. The number of benzene rings is 2. The quantitative estimate of drug-likeness (QED) is 0.461. The Bertz CT molecular complexity index is 1250. The first-order chi connectivity index (χ1) is 18.5. The monoisotopic (exact) mass is 532 g/mol. The first kappa shape index (κ1) is 26.4. The number of amides is 2. The molecule has 2 atom stereocenters. The Kier molecular flexibility index (Phi) is 8.39. The molecule has 0 radical (unpaired) electrons. The first-order valence-electron chi connectivity index (χ1n) is 13.5. The van der Waals surface area contributed by atoms with Gasteiger partial charge in [-0.15, -0.1) is 11.3 Å². The van der Waals surface area contributed by atoms with Gasteiger partial charge in [0.25, 0.3) is 5.91 Å². The Balaban J connectivity index is 1.47. The normalized spacial score (nSPS) is 20.4. The van der Waals surface area contributed by atoms with Crippen molar-refractivity contribution in [2.24, 2.45) is 0 Å². The molecule has 2 bridgehead atoms. The van der Waals surface area contributed by atoms with Crippen LogP contribution in [-0.2, 0) is 22.7 Å². The Morgan fingerprint density at radius 2 is 1.84 bits per heavy atom. The molecular formula is C30H36N4O3S. The maximum atomic E-state index is 13.7. The van der Waals surface area contributed by atoms with Crippen molar-refractivity contribution < 1.29 is 14.3 Å². The van der Waals surface area contributed by atoms with E-state index in [2.05, 4.69) is 9.88 Å². The van der Waals surface area contributed by atoms with Crippen LogP contribution in [0, 0.1) is 6.92 Å². The molecule has 3 heterocycles. The molecule has 2 aromatic carbocycles. The van der Waals surface area contributed by atoms with Crippen molar-refractivity contribution in [3.8, 4) is 5.75 Å². The second kappa shape index (κ2) is 12.1. The average molecular weight is 533 g/mol. The fourth-order valence-corrected chi connectivity index (χ4v) is 6.39. The van der Waals surface area contributed by atoms with Gasteiger partial charge in [0.05, 0.1) is 6.54 Å². The molecule has 1 fully saturated rings. The summed E-state index contributed by atoms with van der Waals surface area (Å²) < 4.78 is 5.99. The highest BCUT2D eigenvalue weighted by Crippen LogP contribution is 2.32. The molecule has 0 saturated carbocycles. The largest absolute Gasteiger partial charge is 0.484 e. The molecule has 2 aliphatic heterocycles. The molecule has 200 valence electrons. The van der Waals surface area contributed by atoms with Gasteiger partial charge in [-0.2, -0.15) is 0 Å². The fraction of sp³-hybridized carbons (Fsp3) is 0.433. The maximum absolute atomic E-state index is 13.7. The average Bonchev–Trinajstić information content (AvgIpc) is 3.42. The van der Waals surface area contributed by atoms with E-state index in [-0.39, 0.29) is 24.5 Å². The Labute approximate surface area is 229 Å².